The molecule has 1 aromatic carbocycles. The van der Waals surface area contributed by atoms with Gasteiger partial charge in [-0.3, -0.25) is 5.10 Å². The summed E-state index contributed by atoms with van der Waals surface area (Å²) in [5.74, 6) is 0. The number of aromatic nitrogens is 2. The molecule has 0 radical (unpaired) electrons. The Morgan fingerprint density at radius 2 is 2.00 bits per heavy atom. The zero-order valence-corrected chi connectivity index (χ0v) is 12.9. The van der Waals surface area contributed by atoms with E-state index in [9.17, 15) is 8.42 Å². The minimum atomic E-state index is -3.63. The van der Waals surface area contributed by atoms with E-state index < -0.39 is 10.0 Å². The van der Waals surface area contributed by atoms with Crippen molar-refractivity contribution in [2.24, 2.45) is 5.73 Å². The van der Waals surface area contributed by atoms with Gasteiger partial charge in [-0.25, -0.2) is 13.1 Å². The molecule has 0 aliphatic heterocycles. The number of nitrogens with one attached hydrogen (secondary N) is 2. The number of H-pyrrole nitrogens is 1. The Labute approximate surface area is 124 Å². The lowest BCUT2D eigenvalue weighted by molar-refractivity contribution is 0.558. The molecule has 1 unspecified atom stereocenters. The summed E-state index contributed by atoms with van der Waals surface area (Å²) in [5.41, 5.74) is 7.47. The minimum Gasteiger partial charge on any atom is -0.325 e. The molecule has 4 N–H and O–H groups in total. The average Bonchev–Trinajstić information content (AvgIpc) is 2.81. The van der Waals surface area contributed by atoms with Crippen LogP contribution in [-0.4, -0.2) is 24.7 Å². The molecule has 7 heteroatoms. The summed E-state index contributed by atoms with van der Waals surface area (Å²) in [4.78, 5) is 0.157. The van der Waals surface area contributed by atoms with Crippen molar-refractivity contribution in [2.45, 2.75) is 37.8 Å². The molecule has 2 rings (SSSR count). The first-order chi connectivity index (χ1) is 9.94. The molecule has 0 saturated heterocycles. The van der Waals surface area contributed by atoms with Crippen LogP contribution in [0.25, 0.3) is 0 Å². The van der Waals surface area contributed by atoms with Crippen LogP contribution in [0.3, 0.4) is 0 Å². The van der Waals surface area contributed by atoms with Crippen molar-refractivity contribution < 1.29 is 8.42 Å². The molecule has 0 fully saturated rings. The molecule has 0 amide bonds. The monoisotopic (exact) mass is 308 g/mol. The summed E-state index contributed by atoms with van der Waals surface area (Å²) < 4.78 is 27.6. The van der Waals surface area contributed by atoms with Gasteiger partial charge in [0.15, 0.2) is 0 Å². The molecule has 1 atom stereocenters. The van der Waals surface area contributed by atoms with Gasteiger partial charge in [0.1, 0.15) is 4.90 Å². The maximum absolute atomic E-state index is 12.5. The van der Waals surface area contributed by atoms with Crippen LogP contribution in [0.5, 0.6) is 0 Å². The Bertz CT molecular complexity index is 695. The fraction of sp³-hybridized carbons (Fsp3) is 0.357. The largest absolute Gasteiger partial charge is 0.325 e. The quantitative estimate of drug-likeness (QED) is 0.743. The predicted octanol–water partition coefficient (Wildman–Crippen LogP) is 1.09. The van der Waals surface area contributed by atoms with E-state index in [0.29, 0.717) is 17.8 Å². The van der Waals surface area contributed by atoms with E-state index in [0.717, 1.165) is 5.56 Å². The van der Waals surface area contributed by atoms with Gasteiger partial charge in [-0.1, -0.05) is 30.3 Å². The van der Waals surface area contributed by atoms with Gasteiger partial charge < -0.3 is 5.73 Å². The standard InChI is InChI=1S/C14H20N4O2S/c1-10(8-12-6-4-3-5-7-12)18-21(19,20)14-11(2)16-17-13(14)9-15/h3-7,10,18H,8-9,15H2,1-2H3,(H,16,17). The molecule has 0 bridgehead atoms. The molecule has 0 saturated carbocycles. The second kappa shape index (κ2) is 6.38. The van der Waals surface area contributed by atoms with Crippen molar-refractivity contribution >= 4 is 10.0 Å². The molecular weight excluding hydrogens is 288 g/mol. The first-order valence-electron chi connectivity index (χ1n) is 6.74. The number of nitrogens with zero attached hydrogens (tertiary/aromatic N) is 1. The van der Waals surface area contributed by atoms with Gasteiger partial charge in [0.05, 0.1) is 11.4 Å². The van der Waals surface area contributed by atoms with E-state index in [2.05, 4.69) is 14.9 Å². The normalized spacial score (nSPS) is 13.3. The highest BCUT2D eigenvalue weighted by molar-refractivity contribution is 7.89. The summed E-state index contributed by atoms with van der Waals surface area (Å²) >= 11 is 0. The highest BCUT2D eigenvalue weighted by Crippen LogP contribution is 2.17. The predicted molar refractivity (Wildman–Crippen MR) is 81.1 cm³/mol. The Kier molecular flexibility index (Phi) is 4.76. The summed E-state index contributed by atoms with van der Waals surface area (Å²) in [7, 11) is -3.63. The van der Waals surface area contributed by atoms with E-state index in [1.54, 1.807) is 6.92 Å². The zero-order chi connectivity index (χ0) is 15.5. The van der Waals surface area contributed by atoms with E-state index >= 15 is 0 Å². The summed E-state index contributed by atoms with van der Waals surface area (Å²) in [6, 6.07) is 9.52. The highest BCUT2D eigenvalue weighted by Gasteiger charge is 2.25. The first kappa shape index (κ1) is 15.7. The third kappa shape index (κ3) is 3.69. The number of aromatic amines is 1. The summed E-state index contributed by atoms with van der Waals surface area (Å²) in [6.07, 6.45) is 0.620. The number of nitrogens with two attached hydrogens (primary N) is 1. The first-order valence-corrected chi connectivity index (χ1v) is 8.22. The van der Waals surface area contributed by atoms with Gasteiger partial charge in [0, 0.05) is 12.6 Å². The second-order valence-electron chi connectivity index (χ2n) is 5.04. The van der Waals surface area contributed by atoms with Crippen LogP contribution >= 0.6 is 0 Å². The lowest BCUT2D eigenvalue weighted by Crippen LogP contribution is -2.34. The molecule has 1 aromatic heterocycles. The molecule has 0 aliphatic carbocycles. The summed E-state index contributed by atoms with van der Waals surface area (Å²) in [6.45, 7) is 3.58. The highest BCUT2D eigenvalue weighted by atomic mass is 32.2. The maximum Gasteiger partial charge on any atom is 0.244 e. The summed E-state index contributed by atoms with van der Waals surface area (Å²) in [5, 5.41) is 6.59. The fourth-order valence-corrected chi connectivity index (χ4v) is 3.92. The van der Waals surface area contributed by atoms with Crippen molar-refractivity contribution in [3.63, 3.8) is 0 Å². The molecule has 1 heterocycles. The average molecular weight is 308 g/mol. The van der Waals surface area contributed by atoms with E-state index in [4.69, 9.17) is 5.73 Å². The third-order valence-corrected chi connectivity index (χ3v) is 4.96. The van der Waals surface area contributed by atoms with Crippen molar-refractivity contribution in [3.05, 3.63) is 47.3 Å². The molecule has 6 nitrogen and oxygen atoms in total. The number of rotatable bonds is 6. The Balaban J connectivity index is 2.15. The molecule has 114 valence electrons. The second-order valence-corrected chi connectivity index (χ2v) is 6.69. The number of aryl methyl sites for hydroxylation is 1. The number of sulfonamides is 1. The lowest BCUT2D eigenvalue weighted by atomic mass is 10.1. The van der Waals surface area contributed by atoms with Crippen molar-refractivity contribution in [3.8, 4) is 0 Å². The maximum atomic E-state index is 12.5. The van der Waals surface area contributed by atoms with Gasteiger partial charge in [-0.2, -0.15) is 5.10 Å². The Hall–Kier alpha value is -1.70. The van der Waals surface area contributed by atoms with Crippen LogP contribution < -0.4 is 10.5 Å². The molecule has 0 aliphatic rings. The number of hydrogen-bond acceptors (Lipinski definition) is 4. The van der Waals surface area contributed by atoms with E-state index in [1.807, 2.05) is 37.3 Å². The van der Waals surface area contributed by atoms with Crippen molar-refractivity contribution in [1.82, 2.24) is 14.9 Å². The van der Waals surface area contributed by atoms with Crippen LogP contribution in [0.4, 0.5) is 0 Å². The number of hydrogen-bond donors (Lipinski definition) is 3. The van der Waals surface area contributed by atoms with Crippen LogP contribution in [0.15, 0.2) is 35.2 Å². The van der Waals surface area contributed by atoms with Crippen LogP contribution in [-0.2, 0) is 23.0 Å². The van der Waals surface area contributed by atoms with Crippen LogP contribution in [0.2, 0.25) is 0 Å². The zero-order valence-electron chi connectivity index (χ0n) is 12.1. The number of benzene rings is 1. The van der Waals surface area contributed by atoms with E-state index in [-0.39, 0.29) is 17.5 Å². The van der Waals surface area contributed by atoms with Crippen molar-refractivity contribution in [2.75, 3.05) is 0 Å². The molecule has 0 spiro atoms. The Morgan fingerprint density at radius 3 is 2.62 bits per heavy atom. The van der Waals surface area contributed by atoms with Crippen LogP contribution in [0, 0.1) is 6.92 Å². The van der Waals surface area contributed by atoms with Gasteiger partial charge in [0.2, 0.25) is 10.0 Å². The fourth-order valence-electron chi connectivity index (χ4n) is 2.30. The van der Waals surface area contributed by atoms with Gasteiger partial charge >= 0.3 is 0 Å². The molecule has 2 aromatic rings. The topological polar surface area (TPSA) is 101 Å². The van der Waals surface area contributed by atoms with Crippen molar-refractivity contribution in [1.29, 1.82) is 0 Å². The third-order valence-electron chi connectivity index (χ3n) is 3.16. The SMILES string of the molecule is Cc1[nH]nc(CN)c1S(=O)(=O)NC(C)Cc1ccccc1. The smallest absolute Gasteiger partial charge is 0.244 e. The molecular formula is C14H20N4O2S. The van der Waals surface area contributed by atoms with Crippen LogP contribution in [0.1, 0.15) is 23.9 Å². The Morgan fingerprint density at radius 1 is 1.33 bits per heavy atom. The van der Waals surface area contributed by atoms with Gasteiger partial charge in [-0.05, 0) is 25.8 Å². The van der Waals surface area contributed by atoms with Gasteiger partial charge in [0.25, 0.3) is 0 Å². The molecule has 21 heavy (non-hydrogen) atoms. The van der Waals surface area contributed by atoms with Gasteiger partial charge in [-0.15, -0.1) is 0 Å². The van der Waals surface area contributed by atoms with E-state index in [1.165, 1.54) is 0 Å². The lowest BCUT2D eigenvalue weighted by Gasteiger charge is -2.14. The minimum absolute atomic E-state index is 0.0770.